The Bertz CT molecular complexity index is 765. The van der Waals surface area contributed by atoms with Crippen molar-refractivity contribution in [2.45, 2.75) is 167 Å². The van der Waals surface area contributed by atoms with Gasteiger partial charge in [-0.15, -0.1) is 0 Å². The first-order valence-electron chi connectivity index (χ1n) is 16.3. The second kappa shape index (κ2) is 37.0. The zero-order chi connectivity index (χ0) is 33.6. The monoisotopic (exact) mass is 674 g/mol. The van der Waals surface area contributed by atoms with E-state index < -0.39 is 47.9 Å². The van der Waals surface area contributed by atoms with E-state index in [1.54, 1.807) is 0 Å². The predicted octanol–water partition coefficient (Wildman–Crippen LogP) is -3.10. The van der Waals surface area contributed by atoms with Gasteiger partial charge in [-0.2, -0.15) is 0 Å². The second-order valence-corrected chi connectivity index (χ2v) is 11.1. The Hall–Kier alpha value is -0.860. The number of hydrogen-bond acceptors (Lipinski definition) is 12. The number of hydrogen-bond donors (Lipinski definition) is 2. The smallest absolute Gasteiger partial charge is 0.550 e. The van der Waals surface area contributed by atoms with Crippen LogP contribution >= 0.6 is 0 Å². The summed E-state index contributed by atoms with van der Waals surface area (Å²) in [7, 11) is 0. The minimum atomic E-state index is -1.28. The van der Waals surface area contributed by atoms with Crippen LogP contribution in [0.5, 0.6) is 0 Å². The SMILES string of the molecule is CCCCCCCCCCC(=O)OC(=O)C(N)CCC(=O)[O-].CCCCCCCCCCC(=O)OC(=O)C(N)CCC(=O)[O-].[Na+].[Na+]. The van der Waals surface area contributed by atoms with Crippen LogP contribution in [0.3, 0.4) is 0 Å². The van der Waals surface area contributed by atoms with Crippen LogP contribution in [0, 0.1) is 0 Å². The number of esters is 4. The maximum absolute atomic E-state index is 11.4. The van der Waals surface area contributed by atoms with Crippen molar-refractivity contribution in [1.29, 1.82) is 0 Å². The summed E-state index contributed by atoms with van der Waals surface area (Å²) in [5.41, 5.74) is 10.9. The predicted molar refractivity (Wildman–Crippen MR) is 161 cm³/mol. The molecule has 0 aromatic carbocycles. The molecule has 256 valence electrons. The minimum absolute atomic E-state index is 0. The third-order valence-electron chi connectivity index (χ3n) is 6.82. The van der Waals surface area contributed by atoms with Crippen molar-refractivity contribution in [2.24, 2.45) is 11.5 Å². The van der Waals surface area contributed by atoms with Crippen LogP contribution in [-0.4, -0.2) is 47.9 Å². The fourth-order valence-electron chi connectivity index (χ4n) is 4.07. The standard InChI is InChI=1S/2C16H29NO5.2Na/c2*1-2-3-4-5-6-7-8-9-10-15(20)22-16(21)13(17)11-12-14(18)19;;/h2*13H,2-12,17H2,1H3,(H,18,19);;/q;;2*+1/p-2. The maximum atomic E-state index is 11.4. The molecular weight excluding hydrogens is 618 g/mol. The summed E-state index contributed by atoms with van der Waals surface area (Å²) in [4.78, 5) is 66.2. The maximum Gasteiger partial charge on any atom is 1.00 e. The van der Waals surface area contributed by atoms with E-state index in [0.29, 0.717) is 12.8 Å². The third kappa shape index (κ3) is 37.6. The van der Waals surface area contributed by atoms with Crippen molar-refractivity contribution in [2.75, 3.05) is 0 Å². The summed E-state index contributed by atoms with van der Waals surface area (Å²) in [6.45, 7) is 4.36. The van der Waals surface area contributed by atoms with E-state index in [9.17, 15) is 39.0 Å². The number of aliphatic carboxylic acids is 2. The van der Waals surface area contributed by atoms with Crippen LogP contribution in [0.1, 0.15) is 155 Å². The molecule has 0 radical (unpaired) electrons. The molecule has 0 bridgehead atoms. The van der Waals surface area contributed by atoms with E-state index in [0.717, 1.165) is 25.7 Å². The normalized spacial score (nSPS) is 11.4. The number of unbranched alkanes of at least 4 members (excludes halogenated alkanes) is 14. The van der Waals surface area contributed by atoms with Gasteiger partial charge in [-0.05, 0) is 38.5 Å². The Labute approximate surface area is 319 Å². The number of nitrogens with two attached hydrogens (primary N) is 2. The van der Waals surface area contributed by atoms with Gasteiger partial charge in [-0.1, -0.05) is 104 Å². The van der Waals surface area contributed by atoms with Crippen molar-refractivity contribution in [3.8, 4) is 0 Å². The van der Waals surface area contributed by atoms with Crippen LogP contribution in [0.15, 0.2) is 0 Å². The van der Waals surface area contributed by atoms with Gasteiger partial charge in [0.1, 0.15) is 12.1 Å². The molecule has 12 nitrogen and oxygen atoms in total. The molecular formula is C32H56N2Na2O10. The summed E-state index contributed by atoms with van der Waals surface area (Å²) in [5.74, 6) is -5.50. The first-order chi connectivity index (χ1) is 20.9. The molecule has 2 atom stereocenters. The summed E-state index contributed by atoms with van der Waals surface area (Å²) in [6.07, 6.45) is 17.2. The van der Waals surface area contributed by atoms with E-state index in [1.165, 1.54) is 64.2 Å². The number of carbonyl (C=O) groups excluding carboxylic acids is 6. The van der Waals surface area contributed by atoms with Gasteiger partial charge >= 0.3 is 83.0 Å². The number of carboxylic acids is 2. The average Bonchev–Trinajstić information content (AvgIpc) is 2.97. The molecule has 0 fully saturated rings. The third-order valence-corrected chi connectivity index (χ3v) is 6.82. The summed E-state index contributed by atoms with van der Waals surface area (Å²) in [5, 5.41) is 20.5. The van der Waals surface area contributed by atoms with E-state index >= 15 is 0 Å². The van der Waals surface area contributed by atoms with Gasteiger partial charge in [0.05, 0.1) is 0 Å². The summed E-state index contributed by atoms with van der Waals surface area (Å²) in [6, 6.07) is -2.19. The van der Waals surface area contributed by atoms with Crippen molar-refractivity contribution in [1.82, 2.24) is 0 Å². The van der Waals surface area contributed by atoms with Gasteiger partial charge in [0.15, 0.2) is 0 Å². The number of ether oxygens (including phenoxy) is 2. The molecule has 0 rings (SSSR count). The van der Waals surface area contributed by atoms with Gasteiger partial charge in [0.2, 0.25) is 0 Å². The molecule has 0 saturated carbocycles. The average molecular weight is 675 g/mol. The van der Waals surface area contributed by atoms with Crippen LogP contribution < -0.4 is 80.8 Å². The molecule has 0 spiro atoms. The van der Waals surface area contributed by atoms with Gasteiger partial charge < -0.3 is 40.7 Å². The van der Waals surface area contributed by atoms with Crippen LogP contribution in [0.2, 0.25) is 0 Å². The molecule has 0 saturated heterocycles. The molecule has 14 heteroatoms. The van der Waals surface area contributed by atoms with Crippen molar-refractivity contribution < 1.29 is 108 Å². The van der Waals surface area contributed by atoms with Gasteiger partial charge in [-0.3, -0.25) is 9.59 Å². The van der Waals surface area contributed by atoms with E-state index in [-0.39, 0.29) is 97.6 Å². The van der Waals surface area contributed by atoms with E-state index in [4.69, 9.17) is 11.5 Å². The molecule has 0 amide bonds. The van der Waals surface area contributed by atoms with Crippen molar-refractivity contribution in [3.63, 3.8) is 0 Å². The Balaban J connectivity index is -0.000000367. The molecule has 0 aliphatic carbocycles. The zero-order valence-electron chi connectivity index (χ0n) is 28.9. The fraction of sp³-hybridized carbons (Fsp3) is 0.812. The quantitative estimate of drug-likeness (QED) is 0.0403. The van der Waals surface area contributed by atoms with Crippen LogP contribution in [0.4, 0.5) is 0 Å². The summed E-state index contributed by atoms with van der Waals surface area (Å²) < 4.78 is 9.18. The zero-order valence-corrected chi connectivity index (χ0v) is 32.9. The van der Waals surface area contributed by atoms with Crippen molar-refractivity contribution in [3.05, 3.63) is 0 Å². The Kier molecular flexibility index (Phi) is 41.8. The van der Waals surface area contributed by atoms with E-state index in [1.807, 2.05) is 0 Å². The Morgan fingerprint density at radius 2 is 0.739 bits per heavy atom. The fourth-order valence-corrected chi connectivity index (χ4v) is 4.07. The molecule has 2 unspecified atom stereocenters. The molecule has 4 N–H and O–H groups in total. The molecule has 0 aromatic heterocycles. The molecule has 0 aromatic rings. The Morgan fingerprint density at radius 1 is 0.478 bits per heavy atom. The first kappa shape index (κ1) is 52.0. The number of carbonyl (C=O) groups is 6. The summed E-state index contributed by atoms with van der Waals surface area (Å²) >= 11 is 0. The molecule has 46 heavy (non-hydrogen) atoms. The van der Waals surface area contributed by atoms with Gasteiger partial charge in [0.25, 0.3) is 0 Å². The molecule has 0 aliphatic rings. The number of carboxylic acid groups (broad SMARTS) is 2. The largest absolute Gasteiger partial charge is 1.00 e. The van der Waals surface area contributed by atoms with Crippen LogP contribution in [0.25, 0.3) is 0 Å². The molecule has 0 aliphatic heterocycles. The van der Waals surface area contributed by atoms with Gasteiger partial charge in [0, 0.05) is 24.8 Å². The molecule has 0 heterocycles. The minimum Gasteiger partial charge on any atom is -0.550 e. The first-order valence-corrected chi connectivity index (χ1v) is 16.3. The van der Waals surface area contributed by atoms with Crippen LogP contribution in [-0.2, 0) is 38.2 Å². The second-order valence-electron chi connectivity index (χ2n) is 11.1. The number of rotatable bonds is 26. The topological polar surface area (TPSA) is 219 Å². The van der Waals surface area contributed by atoms with E-state index in [2.05, 4.69) is 23.3 Å². The van der Waals surface area contributed by atoms with Gasteiger partial charge in [-0.25, -0.2) is 9.59 Å². The van der Waals surface area contributed by atoms with Crippen molar-refractivity contribution >= 4 is 35.8 Å². The Morgan fingerprint density at radius 3 is 1.00 bits per heavy atom.